The summed E-state index contributed by atoms with van der Waals surface area (Å²) in [4.78, 5) is 24.1. The van der Waals surface area contributed by atoms with Crippen LogP contribution >= 0.6 is 0 Å². The molecule has 1 heterocycles. The van der Waals surface area contributed by atoms with E-state index in [1.54, 1.807) is 30.3 Å². The Kier molecular flexibility index (Phi) is 6.67. The van der Waals surface area contributed by atoms with Gasteiger partial charge in [0.2, 0.25) is 0 Å². The molecule has 1 aromatic carbocycles. The van der Waals surface area contributed by atoms with Gasteiger partial charge in [-0.25, -0.2) is 4.79 Å². The summed E-state index contributed by atoms with van der Waals surface area (Å²) in [6, 6.07) is 8.89. The number of benzene rings is 1. The predicted molar refractivity (Wildman–Crippen MR) is 101 cm³/mol. The van der Waals surface area contributed by atoms with Gasteiger partial charge in [-0.3, -0.25) is 4.79 Å². The van der Waals surface area contributed by atoms with Crippen LogP contribution in [0.5, 0.6) is 0 Å². The molecule has 5 heteroatoms. The SMILES string of the molecule is CCCCCC(O)/C=C/[C@H]1C(OC(=O)c2ccccc2)CC2OC(=O)C[C@@H]21. The molecule has 2 fully saturated rings. The standard InChI is InChI=1S/C22H28O5/c1-2-3-5-10-16(23)11-12-17-18-13-21(24)26-20(18)14-19(17)27-22(25)15-8-6-4-7-9-15/h4,6-9,11-12,16-20,23H,2-3,5,10,13-14H2,1H3/b12-11+/t16?,17-,18-,19?,20?/m1/s1. The first kappa shape index (κ1) is 19.6. The second kappa shape index (κ2) is 9.18. The number of unbranched alkanes of at least 4 members (excludes halogenated alkanes) is 2. The molecule has 3 unspecified atom stereocenters. The van der Waals surface area contributed by atoms with Gasteiger partial charge >= 0.3 is 11.9 Å². The van der Waals surface area contributed by atoms with E-state index in [1.165, 1.54) is 0 Å². The maximum atomic E-state index is 12.4. The van der Waals surface area contributed by atoms with Gasteiger partial charge in [0.1, 0.15) is 12.2 Å². The first-order chi connectivity index (χ1) is 13.1. The third-order valence-corrected chi connectivity index (χ3v) is 5.48. The number of aliphatic hydroxyl groups excluding tert-OH is 1. The Morgan fingerprint density at radius 3 is 2.85 bits per heavy atom. The Bertz CT molecular complexity index is 669. The maximum Gasteiger partial charge on any atom is 0.338 e. The smallest absolute Gasteiger partial charge is 0.338 e. The van der Waals surface area contributed by atoms with Crippen LogP contribution in [0.3, 0.4) is 0 Å². The summed E-state index contributed by atoms with van der Waals surface area (Å²) in [5.41, 5.74) is 0.508. The molecular formula is C22H28O5. The first-order valence-corrected chi connectivity index (χ1v) is 9.90. The van der Waals surface area contributed by atoms with Gasteiger partial charge in [-0.05, 0) is 18.6 Å². The lowest BCUT2D eigenvalue weighted by Gasteiger charge is -2.20. The van der Waals surface area contributed by atoms with Crippen molar-refractivity contribution in [3.8, 4) is 0 Å². The fraction of sp³-hybridized carbons (Fsp3) is 0.545. The zero-order chi connectivity index (χ0) is 19.2. The monoisotopic (exact) mass is 372 g/mol. The molecule has 3 rings (SSSR count). The number of ether oxygens (including phenoxy) is 2. The van der Waals surface area contributed by atoms with Gasteiger partial charge in [0.15, 0.2) is 0 Å². The molecule has 0 amide bonds. The van der Waals surface area contributed by atoms with E-state index in [4.69, 9.17) is 9.47 Å². The Balaban J connectivity index is 1.66. The van der Waals surface area contributed by atoms with Crippen LogP contribution in [0.1, 0.15) is 55.8 Å². The minimum Gasteiger partial charge on any atom is -0.462 e. The van der Waals surface area contributed by atoms with Gasteiger partial charge in [-0.15, -0.1) is 0 Å². The van der Waals surface area contributed by atoms with Crippen LogP contribution in [0.15, 0.2) is 42.5 Å². The number of aliphatic hydroxyl groups is 1. The topological polar surface area (TPSA) is 72.8 Å². The Labute approximate surface area is 160 Å². The molecule has 1 aliphatic heterocycles. The number of hydrogen-bond acceptors (Lipinski definition) is 5. The van der Waals surface area contributed by atoms with Crippen molar-refractivity contribution in [2.45, 2.75) is 63.8 Å². The van der Waals surface area contributed by atoms with Crippen LogP contribution in [0.4, 0.5) is 0 Å². The molecule has 0 radical (unpaired) electrons. The van der Waals surface area contributed by atoms with E-state index in [0.29, 0.717) is 18.4 Å². The van der Waals surface area contributed by atoms with E-state index < -0.39 is 6.10 Å². The average Bonchev–Trinajstić information content (AvgIpc) is 3.16. The average molecular weight is 372 g/mol. The molecule has 0 aromatic heterocycles. The third-order valence-electron chi connectivity index (χ3n) is 5.48. The van der Waals surface area contributed by atoms with Gasteiger partial charge in [0.05, 0.1) is 18.1 Å². The van der Waals surface area contributed by atoms with Gasteiger partial charge in [0, 0.05) is 18.3 Å². The molecule has 1 saturated carbocycles. The predicted octanol–water partition coefficient (Wildman–Crippen LogP) is 3.66. The van der Waals surface area contributed by atoms with Crippen LogP contribution < -0.4 is 0 Å². The third kappa shape index (κ3) is 4.98. The van der Waals surface area contributed by atoms with Crippen molar-refractivity contribution in [3.05, 3.63) is 48.0 Å². The zero-order valence-corrected chi connectivity index (χ0v) is 15.8. The summed E-state index contributed by atoms with van der Waals surface area (Å²) >= 11 is 0. The van der Waals surface area contributed by atoms with Crippen LogP contribution in [0, 0.1) is 11.8 Å². The zero-order valence-electron chi connectivity index (χ0n) is 15.8. The van der Waals surface area contributed by atoms with Gasteiger partial charge in [-0.1, -0.05) is 56.5 Å². The Hall–Kier alpha value is -2.14. The van der Waals surface area contributed by atoms with Crippen LogP contribution in [0.2, 0.25) is 0 Å². The summed E-state index contributed by atoms with van der Waals surface area (Å²) in [6.45, 7) is 2.13. The molecule has 1 saturated heterocycles. The summed E-state index contributed by atoms with van der Waals surface area (Å²) < 4.78 is 11.1. The van der Waals surface area contributed by atoms with E-state index in [-0.39, 0.29) is 36.0 Å². The van der Waals surface area contributed by atoms with E-state index in [1.807, 2.05) is 12.1 Å². The highest BCUT2D eigenvalue weighted by molar-refractivity contribution is 5.89. The lowest BCUT2D eigenvalue weighted by Crippen LogP contribution is -2.25. The summed E-state index contributed by atoms with van der Waals surface area (Å²) in [6.07, 6.45) is 7.39. The molecule has 5 atom stereocenters. The number of rotatable bonds is 8. The van der Waals surface area contributed by atoms with Crippen molar-refractivity contribution in [1.82, 2.24) is 0 Å². The van der Waals surface area contributed by atoms with Gasteiger partial charge in [0.25, 0.3) is 0 Å². The van der Waals surface area contributed by atoms with Crippen LogP contribution in [0.25, 0.3) is 0 Å². The summed E-state index contributed by atoms with van der Waals surface area (Å²) in [5.74, 6) is -0.673. The van der Waals surface area contributed by atoms with Crippen molar-refractivity contribution in [1.29, 1.82) is 0 Å². The first-order valence-electron chi connectivity index (χ1n) is 9.90. The summed E-state index contributed by atoms with van der Waals surface area (Å²) in [7, 11) is 0. The fourth-order valence-electron chi connectivity index (χ4n) is 4.03. The quantitative estimate of drug-likeness (QED) is 0.428. The molecule has 1 N–H and O–H groups in total. The molecular weight excluding hydrogens is 344 g/mol. The fourth-order valence-corrected chi connectivity index (χ4v) is 4.03. The molecule has 146 valence electrons. The lowest BCUT2D eigenvalue weighted by atomic mass is 9.91. The molecule has 1 aliphatic carbocycles. The molecule has 27 heavy (non-hydrogen) atoms. The maximum absolute atomic E-state index is 12.4. The van der Waals surface area contributed by atoms with Crippen molar-refractivity contribution >= 4 is 11.9 Å². The highest BCUT2D eigenvalue weighted by Crippen LogP contribution is 2.43. The normalized spacial score (nSPS) is 28.1. The Morgan fingerprint density at radius 1 is 1.33 bits per heavy atom. The molecule has 0 spiro atoms. The largest absolute Gasteiger partial charge is 0.462 e. The highest BCUT2D eigenvalue weighted by atomic mass is 16.6. The van der Waals surface area contributed by atoms with E-state index in [9.17, 15) is 14.7 Å². The number of hydrogen-bond donors (Lipinski definition) is 1. The number of fused-ring (bicyclic) bond motifs is 1. The number of carbonyl (C=O) groups is 2. The van der Waals surface area contributed by atoms with Crippen molar-refractivity contribution in [2.75, 3.05) is 0 Å². The van der Waals surface area contributed by atoms with Crippen molar-refractivity contribution in [3.63, 3.8) is 0 Å². The minimum absolute atomic E-state index is 0.00478. The van der Waals surface area contributed by atoms with Gasteiger partial charge in [-0.2, -0.15) is 0 Å². The summed E-state index contributed by atoms with van der Waals surface area (Å²) in [5, 5.41) is 10.2. The van der Waals surface area contributed by atoms with Crippen molar-refractivity contribution in [2.24, 2.45) is 11.8 Å². The number of esters is 2. The molecule has 1 aromatic rings. The minimum atomic E-state index is -0.515. The van der Waals surface area contributed by atoms with Crippen LogP contribution in [-0.4, -0.2) is 35.4 Å². The van der Waals surface area contributed by atoms with E-state index >= 15 is 0 Å². The second-order valence-electron chi connectivity index (χ2n) is 7.47. The molecule has 2 aliphatic rings. The highest BCUT2D eigenvalue weighted by Gasteiger charge is 2.50. The molecule has 0 bridgehead atoms. The Morgan fingerprint density at radius 2 is 2.11 bits per heavy atom. The van der Waals surface area contributed by atoms with Gasteiger partial charge < -0.3 is 14.6 Å². The van der Waals surface area contributed by atoms with E-state index in [0.717, 1.165) is 25.7 Å². The van der Waals surface area contributed by atoms with E-state index in [2.05, 4.69) is 6.92 Å². The second-order valence-corrected chi connectivity index (χ2v) is 7.47. The van der Waals surface area contributed by atoms with Crippen LogP contribution in [-0.2, 0) is 14.3 Å². The van der Waals surface area contributed by atoms with Crippen molar-refractivity contribution < 1.29 is 24.2 Å². The molecule has 5 nitrogen and oxygen atoms in total. The lowest BCUT2D eigenvalue weighted by molar-refractivity contribution is -0.141. The number of carbonyl (C=O) groups excluding carboxylic acids is 2.